The van der Waals surface area contributed by atoms with Crippen LogP contribution in [0.25, 0.3) is 50.0 Å². The molecule has 0 radical (unpaired) electrons. The zero-order valence-electron chi connectivity index (χ0n) is 31.8. The number of benzene rings is 6. The molecule has 0 amide bonds. The lowest BCUT2D eigenvalue weighted by atomic mass is 9.42. The van der Waals surface area contributed by atoms with Crippen LogP contribution in [0.2, 0.25) is 0 Å². The van der Waals surface area contributed by atoms with Gasteiger partial charge in [0.1, 0.15) is 28.7 Å². The molecule has 3 aromatic heterocycles. The van der Waals surface area contributed by atoms with Crippen LogP contribution in [0.5, 0.6) is 11.5 Å². The second kappa shape index (κ2) is 12.8. The van der Waals surface area contributed by atoms with Crippen molar-refractivity contribution in [3.63, 3.8) is 0 Å². The summed E-state index contributed by atoms with van der Waals surface area (Å²) in [7, 11) is 0. The highest BCUT2D eigenvalue weighted by Crippen LogP contribution is 2.65. The normalized spacial score (nSPS) is 22.5. The second-order valence-electron chi connectivity index (χ2n) is 16.8. The van der Waals surface area contributed by atoms with Crippen LogP contribution in [-0.2, 0) is 5.41 Å². The molecule has 0 aliphatic heterocycles. The number of fused-ring (bicyclic) bond motifs is 4. The average molecular weight is 740 g/mol. The Morgan fingerprint density at radius 2 is 1.23 bits per heavy atom. The molecule has 0 atom stereocenters. The summed E-state index contributed by atoms with van der Waals surface area (Å²) < 4.78 is 13.6. The van der Waals surface area contributed by atoms with Gasteiger partial charge in [-0.15, -0.1) is 0 Å². The molecule has 4 aliphatic carbocycles. The summed E-state index contributed by atoms with van der Waals surface area (Å²) in [5.41, 5.74) is 9.59. The van der Waals surface area contributed by atoms with Crippen LogP contribution in [0.1, 0.15) is 43.2 Å². The summed E-state index contributed by atoms with van der Waals surface area (Å²) in [6.45, 7) is 0. The fourth-order valence-electron chi connectivity index (χ4n) is 11.8. The quantitative estimate of drug-likeness (QED) is 0.153. The van der Waals surface area contributed by atoms with E-state index in [1.165, 1.54) is 54.0 Å². The molecule has 4 fully saturated rings. The number of hydrogen-bond acceptors (Lipinski definition) is 2. The van der Waals surface area contributed by atoms with Gasteiger partial charge in [0, 0.05) is 34.5 Å². The Morgan fingerprint density at radius 1 is 0.544 bits per heavy atom. The van der Waals surface area contributed by atoms with E-state index in [1.807, 2.05) is 6.07 Å². The van der Waals surface area contributed by atoms with Crippen LogP contribution in [0.15, 0.2) is 176 Å². The number of para-hydroxylation sites is 4. The molecule has 4 saturated carbocycles. The molecule has 6 aromatic carbocycles. The zero-order valence-corrected chi connectivity index (χ0v) is 31.8. The van der Waals surface area contributed by atoms with Gasteiger partial charge in [0.2, 0.25) is 0 Å². The third-order valence-corrected chi connectivity index (χ3v) is 13.8. The first kappa shape index (κ1) is 32.8. The highest BCUT2D eigenvalue weighted by molar-refractivity contribution is 6.09. The maximum Gasteiger partial charge on any atom is 0.255 e. The fourth-order valence-corrected chi connectivity index (χ4v) is 11.8. The number of aromatic nitrogens is 4. The average Bonchev–Trinajstić information content (AvgIpc) is 3.81. The summed E-state index contributed by atoms with van der Waals surface area (Å²) in [6.07, 6.45) is 11.0. The minimum Gasteiger partial charge on any atom is -0.457 e. The van der Waals surface area contributed by atoms with E-state index < -0.39 is 0 Å². The number of hydrogen-bond donors (Lipinski definition) is 0. The van der Waals surface area contributed by atoms with Crippen molar-refractivity contribution in [2.45, 2.75) is 37.5 Å². The lowest BCUT2D eigenvalue weighted by Crippen LogP contribution is -2.56. The van der Waals surface area contributed by atoms with E-state index in [0.717, 1.165) is 62.6 Å². The molecule has 9 aromatic rings. The number of ether oxygens (including phenoxy) is 1. The highest BCUT2D eigenvalue weighted by atomic mass is 16.5. The van der Waals surface area contributed by atoms with Gasteiger partial charge in [0.05, 0.1) is 11.0 Å². The van der Waals surface area contributed by atoms with Gasteiger partial charge in [-0.05, 0) is 134 Å². The van der Waals surface area contributed by atoms with Crippen molar-refractivity contribution in [1.29, 1.82) is 0 Å². The topological polar surface area (TPSA) is 35.9 Å². The van der Waals surface area contributed by atoms with Crippen LogP contribution in [-0.4, -0.2) is 14.1 Å². The number of nitrogens with zero attached hydrogens (tertiary/aromatic N) is 4. The molecule has 0 N–H and O–H groups in total. The molecule has 0 saturated heterocycles. The number of rotatable bonds is 7. The summed E-state index contributed by atoms with van der Waals surface area (Å²) >= 11 is 0. The minimum absolute atomic E-state index is 0.00975. The molecule has 5 nitrogen and oxygen atoms in total. The van der Waals surface area contributed by atoms with Gasteiger partial charge < -0.3 is 4.74 Å². The van der Waals surface area contributed by atoms with E-state index in [9.17, 15) is 0 Å². The Labute approximate surface area is 332 Å². The first-order chi connectivity index (χ1) is 28.2. The molecule has 4 aliphatic rings. The third-order valence-electron chi connectivity index (χ3n) is 13.8. The Balaban J connectivity index is 0.957. The lowest BCUT2D eigenvalue weighted by molar-refractivity contribution is -0.567. The van der Waals surface area contributed by atoms with E-state index in [2.05, 4.69) is 184 Å². The zero-order chi connectivity index (χ0) is 37.5. The van der Waals surface area contributed by atoms with Crippen molar-refractivity contribution < 1.29 is 9.30 Å². The highest BCUT2D eigenvalue weighted by Gasteiger charge is 2.58. The molecule has 57 heavy (non-hydrogen) atoms. The van der Waals surface area contributed by atoms with Gasteiger partial charge in [0.15, 0.2) is 11.0 Å². The van der Waals surface area contributed by atoms with Crippen LogP contribution < -0.4 is 9.30 Å². The van der Waals surface area contributed by atoms with Crippen molar-refractivity contribution >= 4 is 32.8 Å². The number of imidazole rings is 1. The van der Waals surface area contributed by atoms with Gasteiger partial charge >= 0.3 is 0 Å². The lowest BCUT2D eigenvalue weighted by Gasteiger charge is -2.62. The van der Waals surface area contributed by atoms with E-state index in [0.29, 0.717) is 11.8 Å². The van der Waals surface area contributed by atoms with E-state index in [4.69, 9.17) is 9.72 Å². The molecule has 3 heterocycles. The minimum atomic E-state index is 0.00975. The van der Waals surface area contributed by atoms with Crippen molar-refractivity contribution in [3.8, 4) is 28.7 Å². The second-order valence-corrected chi connectivity index (χ2v) is 16.8. The third kappa shape index (κ3) is 5.07. The largest absolute Gasteiger partial charge is 0.457 e. The van der Waals surface area contributed by atoms with Gasteiger partial charge in [-0.25, -0.2) is 4.98 Å². The monoisotopic (exact) mass is 739 g/mol. The summed E-state index contributed by atoms with van der Waals surface area (Å²) in [5, 5.41) is 2.41. The first-order valence-electron chi connectivity index (χ1n) is 20.6. The predicted molar refractivity (Wildman–Crippen MR) is 228 cm³/mol. The summed E-state index contributed by atoms with van der Waals surface area (Å²) in [5.74, 6) is 5.63. The molecule has 0 unspecified atom stereocenters. The van der Waals surface area contributed by atoms with Crippen LogP contribution in [0.3, 0.4) is 0 Å². The standard InChI is InChI=1S/C52H43N4O/c1-3-12-37(13-4-1)52(39-27-35-26-36(29-39)30-40(52)28-35)38-24-25-53-51(31-38)56-47-19-8-7-18-45(47)46-23-22-44(33-50(46)56)57-43-17-11-16-42(32-43)55-34-54(41-14-5-2-6-15-41)48-20-9-10-21-49(48)55/h1-25,31-36,39-40H,26-30H2/q+1. The van der Waals surface area contributed by atoms with Crippen molar-refractivity contribution in [1.82, 2.24) is 14.1 Å². The molecule has 0 spiro atoms. The maximum atomic E-state index is 6.74. The van der Waals surface area contributed by atoms with Gasteiger partial charge in [0.25, 0.3) is 6.33 Å². The van der Waals surface area contributed by atoms with Crippen molar-refractivity contribution in [2.75, 3.05) is 0 Å². The molecular formula is C52H43N4O+. The van der Waals surface area contributed by atoms with Crippen molar-refractivity contribution in [2.24, 2.45) is 23.7 Å². The van der Waals surface area contributed by atoms with E-state index >= 15 is 0 Å². The van der Waals surface area contributed by atoms with Gasteiger partial charge in [-0.2, -0.15) is 9.13 Å². The molecule has 5 heteroatoms. The fraction of sp³-hybridized carbons (Fsp3) is 0.192. The Hall–Kier alpha value is -6.46. The van der Waals surface area contributed by atoms with E-state index in [-0.39, 0.29) is 5.41 Å². The molecule has 4 bridgehead atoms. The van der Waals surface area contributed by atoms with E-state index in [1.54, 1.807) is 0 Å². The Morgan fingerprint density at radius 3 is 2.04 bits per heavy atom. The van der Waals surface area contributed by atoms with Crippen LogP contribution in [0, 0.1) is 23.7 Å². The Bertz CT molecular complexity index is 2930. The summed E-state index contributed by atoms with van der Waals surface area (Å²) in [4.78, 5) is 5.14. The van der Waals surface area contributed by atoms with Gasteiger partial charge in [-0.3, -0.25) is 4.57 Å². The molecule has 13 rings (SSSR count). The molecule has 276 valence electrons. The maximum absolute atomic E-state index is 6.74. The summed E-state index contributed by atoms with van der Waals surface area (Å²) in [6, 6.07) is 58.9. The predicted octanol–water partition coefficient (Wildman–Crippen LogP) is 11.9. The molecular weight excluding hydrogens is 697 g/mol. The SMILES string of the molecule is c1ccc(-[n+]2cn(-c3cccc(Oc4ccc5c6ccccc6n(-c6cc(C7(c8ccccc8)C8CC9CC(C8)CC7C9)ccn6)c5c4)c3)c3ccccc32)cc1. The first-order valence-corrected chi connectivity index (χ1v) is 20.6. The van der Waals surface area contributed by atoms with Gasteiger partial charge in [-0.1, -0.05) is 84.9 Å². The van der Waals surface area contributed by atoms with Crippen LogP contribution >= 0.6 is 0 Å². The van der Waals surface area contributed by atoms with Crippen molar-refractivity contribution in [3.05, 3.63) is 187 Å². The smallest absolute Gasteiger partial charge is 0.255 e. The number of pyridine rings is 1. The Kier molecular flexibility index (Phi) is 7.35. The van der Waals surface area contributed by atoms with Crippen LogP contribution in [0.4, 0.5) is 0 Å².